The van der Waals surface area contributed by atoms with Crippen LogP contribution in [0.2, 0.25) is 0 Å². The molecule has 1 atom stereocenters. The van der Waals surface area contributed by atoms with Gasteiger partial charge < -0.3 is 15.9 Å². The van der Waals surface area contributed by atoms with E-state index in [0.717, 1.165) is 18.2 Å². The van der Waals surface area contributed by atoms with Gasteiger partial charge in [0.05, 0.1) is 5.75 Å². The summed E-state index contributed by atoms with van der Waals surface area (Å²) in [6.07, 6.45) is 0.891. The summed E-state index contributed by atoms with van der Waals surface area (Å²) < 4.78 is 5.37. The fourth-order valence-electron chi connectivity index (χ4n) is 1.25. The first-order valence-corrected chi connectivity index (χ1v) is 6.05. The largest absolute Gasteiger partial charge is 0.410 e. The van der Waals surface area contributed by atoms with Crippen molar-refractivity contribution in [1.29, 1.82) is 0 Å². The third kappa shape index (κ3) is 4.19. The predicted octanol–water partition coefficient (Wildman–Crippen LogP) is -0.0239. The predicted molar refractivity (Wildman–Crippen MR) is 59.3 cm³/mol. The van der Waals surface area contributed by atoms with Crippen LogP contribution in [0, 0.1) is 5.92 Å². The highest BCUT2D eigenvalue weighted by molar-refractivity contribution is 7.99. The molecule has 0 bridgehead atoms. The number of amides is 1. The van der Waals surface area contributed by atoms with E-state index in [9.17, 15) is 4.79 Å². The summed E-state index contributed by atoms with van der Waals surface area (Å²) in [5.74, 6) is 0.781. The molecule has 1 amide bonds. The minimum atomic E-state index is -0.405. The van der Waals surface area contributed by atoms with Crippen molar-refractivity contribution in [1.82, 2.24) is 10.2 Å². The van der Waals surface area contributed by atoms with Crippen LogP contribution in [0.5, 0.6) is 0 Å². The van der Waals surface area contributed by atoms with Gasteiger partial charge in [-0.25, -0.2) is 0 Å². The molecule has 7 heteroatoms. The molecule has 0 spiro atoms. The van der Waals surface area contributed by atoms with Crippen molar-refractivity contribution in [3.8, 4) is 0 Å². The second kappa shape index (κ2) is 5.86. The number of quaternary nitrogens is 1. The number of primary amides is 1. The molecule has 1 aromatic heterocycles. The van der Waals surface area contributed by atoms with Gasteiger partial charge in [-0.3, -0.25) is 4.79 Å². The Morgan fingerprint density at radius 3 is 2.81 bits per heavy atom. The lowest BCUT2D eigenvalue weighted by molar-refractivity contribution is -0.435. The SMILES string of the molecule is CC(C)CC([NH3+])c1nnc(SCC(N)=O)o1. The molecular formula is C9H17N4O2S+. The van der Waals surface area contributed by atoms with Gasteiger partial charge in [0, 0.05) is 6.42 Å². The van der Waals surface area contributed by atoms with Gasteiger partial charge >= 0.3 is 0 Å². The van der Waals surface area contributed by atoms with Crippen molar-refractivity contribution in [2.24, 2.45) is 11.7 Å². The maximum Gasteiger partial charge on any atom is 0.277 e. The van der Waals surface area contributed by atoms with Gasteiger partial charge in [-0.15, -0.1) is 10.2 Å². The zero-order valence-electron chi connectivity index (χ0n) is 9.47. The molecular weight excluding hydrogens is 228 g/mol. The van der Waals surface area contributed by atoms with E-state index in [1.165, 1.54) is 0 Å². The average molecular weight is 245 g/mol. The van der Waals surface area contributed by atoms with Crippen LogP contribution >= 0.6 is 11.8 Å². The molecule has 0 aliphatic carbocycles. The fraction of sp³-hybridized carbons (Fsp3) is 0.667. The Kier molecular flexibility index (Phi) is 4.75. The number of carbonyl (C=O) groups is 1. The summed E-state index contributed by atoms with van der Waals surface area (Å²) in [6.45, 7) is 4.22. The van der Waals surface area contributed by atoms with Gasteiger partial charge in [-0.1, -0.05) is 25.6 Å². The smallest absolute Gasteiger partial charge is 0.277 e. The summed E-state index contributed by atoms with van der Waals surface area (Å²) >= 11 is 1.14. The van der Waals surface area contributed by atoms with Crippen molar-refractivity contribution in [2.75, 3.05) is 5.75 Å². The molecule has 0 aromatic carbocycles. The van der Waals surface area contributed by atoms with Crippen molar-refractivity contribution in [2.45, 2.75) is 31.5 Å². The number of thioether (sulfide) groups is 1. The van der Waals surface area contributed by atoms with E-state index in [2.05, 4.69) is 29.8 Å². The first-order chi connectivity index (χ1) is 7.49. The summed E-state index contributed by atoms with van der Waals surface area (Å²) in [6, 6.07) is -0.00423. The van der Waals surface area contributed by atoms with Crippen LogP contribution in [0.15, 0.2) is 9.64 Å². The fourth-order valence-corrected chi connectivity index (χ4v) is 1.76. The molecule has 0 saturated carbocycles. The molecule has 1 unspecified atom stereocenters. The van der Waals surface area contributed by atoms with E-state index in [4.69, 9.17) is 10.2 Å². The second-order valence-electron chi connectivity index (χ2n) is 3.99. The van der Waals surface area contributed by atoms with Crippen molar-refractivity contribution >= 4 is 17.7 Å². The van der Waals surface area contributed by atoms with Gasteiger partial charge in [0.1, 0.15) is 0 Å². The van der Waals surface area contributed by atoms with Crippen molar-refractivity contribution in [3.05, 3.63) is 5.89 Å². The van der Waals surface area contributed by atoms with Crippen LogP contribution in [-0.2, 0) is 4.79 Å². The van der Waals surface area contributed by atoms with Crippen molar-refractivity contribution < 1.29 is 14.9 Å². The van der Waals surface area contributed by atoms with Gasteiger partial charge in [0.15, 0.2) is 6.04 Å². The van der Waals surface area contributed by atoms with Crippen LogP contribution in [0.25, 0.3) is 0 Å². The first-order valence-electron chi connectivity index (χ1n) is 5.06. The quantitative estimate of drug-likeness (QED) is 0.684. The zero-order valence-corrected chi connectivity index (χ0v) is 10.3. The number of nitrogens with two attached hydrogens (primary N) is 1. The molecule has 16 heavy (non-hydrogen) atoms. The van der Waals surface area contributed by atoms with Gasteiger partial charge in [-0.2, -0.15) is 0 Å². The molecule has 0 saturated heterocycles. The van der Waals surface area contributed by atoms with Crippen LogP contribution in [-0.4, -0.2) is 21.9 Å². The lowest BCUT2D eigenvalue weighted by Gasteiger charge is -2.05. The highest BCUT2D eigenvalue weighted by Gasteiger charge is 2.19. The van der Waals surface area contributed by atoms with E-state index in [1.807, 2.05) is 0 Å². The zero-order chi connectivity index (χ0) is 12.1. The number of hydrogen-bond donors (Lipinski definition) is 2. The first kappa shape index (κ1) is 13.0. The summed E-state index contributed by atoms with van der Waals surface area (Å²) in [5, 5.41) is 8.08. The molecule has 5 N–H and O–H groups in total. The van der Waals surface area contributed by atoms with E-state index in [0.29, 0.717) is 17.0 Å². The highest BCUT2D eigenvalue weighted by Crippen LogP contribution is 2.20. The monoisotopic (exact) mass is 245 g/mol. The Labute approximate surface area is 98.2 Å². The third-order valence-electron chi connectivity index (χ3n) is 1.87. The van der Waals surface area contributed by atoms with E-state index in [-0.39, 0.29) is 11.8 Å². The lowest BCUT2D eigenvalue weighted by Crippen LogP contribution is -2.54. The maximum absolute atomic E-state index is 10.6. The molecule has 1 aromatic rings. The highest BCUT2D eigenvalue weighted by atomic mass is 32.2. The molecule has 0 aliphatic heterocycles. The number of carbonyl (C=O) groups excluding carboxylic acids is 1. The summed E-state index contributed by atoms with van der Waals surface area (Å²) in [5.41, 5.74) is 8.97. The number of hydrogen-bond acceptors (Lipinski definition) is 5. The molecule has 90 valence electrons. The van der Waals surface area contributed by atoms with E-state index >= 15 is 0 Å². The average Bonchev–Trinajstić information content (AvgIpc) is 2.61. The molecule has 1 heterocycles. The molecule has 0 radical (unpaired) electrons. The molecule has 0 fully saturated rings. The maximum atomic E-state index is 10.6. The normalized spacial score (nSPS) is 13.0. The van der Waals surface area contributed by atoms with Gasteiger partial charge in [0.2, 0.25) is 5.91 Å². The Balaban J connectivity index is 2.53. The minimum absolute atomic E-state index is 0.00423. The minimum Gasteiger partial charge on any atom is -0.410 e. The Hall–Kier alpha value is -1.08. The lowest BCUT2D eigenvalue weighted by atomic mass is 10.1. The number of rotatable bonds is 6. The Morgan fingerprint density at radius 1 is 1.56 bits per heavy atom. The summed E-state index contributed by atoms with van der Waals surface area (Å²) in [4.78, 5) is 10.6. The number of nitrogens with zero attached hydrogens (tertiary/aromatic N) is 2. The topological polar surface area (TPSA) is 110 Å². The Morgan fingerprint density at radius 2 is 2.25 bits per heavy atom. The van der Waals surface area contributed by atoms with Crippen LogP contribution in [0.4, 0.5) is 0 Å². The van der Waals surface area contributed by atoms with Crippen molar-refractivity contribution in [3.63, 3.8) is 0 Å². The second-order valence-corrected chi connectivity index (χ2v) is 4.91. The Bertz CT molecular complexity index is 353. The van der Waals surface area contributed by atoms with Gasteiger partial charge in [0.25, 0.3) is 11.1 Å². The standard InChI is InChI=1S/C9H16N4O2S/c1-5(2)3-6(10)8-12-13-9(15-8)16-4-7(11)14/h5-6H,3-4,10H2,1-2H3,(H2,11,14)/p+1. The molecule has 6 nitrogen and oxygen atoms in total. The van der Waals surface area contributed by atoms with Crippen LogP contribution < -0.4 is 11.5 Å². The van der Waals surface area contributed by atoms with E-state index in [1.54, 1.807) is 0 Å². The van der Waals surface area contributed by atoms with E-state index < -0.39 is 5.91 Å². The van der Waals surface area contributed by atoms with Crippen LogP contribution in [0.3, 0.4) is 0 Å². The van der Waals surface area contributed by atoms with Crippen LogP contribution in [0.1, 0.15) is 32.2 Å². The molecule has 1 rings (SSSR count). The third-order valence-corrected chi connectivity index (χ3v) is 2.71. The summed E-state index contributed by atoms with van der Waals surface area (Å²) in [7, 11) is 0. The molecule has 0 aliphatic rings. The van der Waals surface area contributed by atoms with Gasteiger partial charge in [-0.05, 0) is 5.92 Å². The number of aromatic nitrogens is 2.